The number of hydrogen-bond acceptors (Lipinski definition) is 7. The number of fused-ring (bicyclic) bond motifs is 1. The monoisotopic (exact) mass is 527 g/mol. The van der Waals surface area contributed by atoms with Crippen LogP contribution in [0.15, 0.2) is 29.2 Å². The van der Waals surface area contributed by atoms with Gasteiger partial charge in [0.15, 0.2) is 11.3 Å². The summed E-state index contributed by atoms with van der Waals surface area (Å²) in [5, 5.41) is 7.56. The van der Waals surface area contributed by atoms with Crippen molar-refractivity contribution in [2.24, 2.45) is 0 Å². The molecule has 1 aromatic carbocycles. The summed E-state index contributed by atoms with van der Waals surface area (Å²) < 4.78 is 41.5. The van der Waals surface area contributed by atoms with Crippen LogP contribution in [-0.4, -0.2) is 72.7 Å². The third-order valence-electron chi connectivity index (χ3n) is 7.01. The number of rotatable bonds is 7. The highest BCUT2D eigenvalue weighted by Crippen LogP contribution is 2.36. The molecule has 0 saturated carbocycles. The van der Waals surface area contributed by atoms with Crippen LogP contribution in [0.2, 0.25) is 0 Å². The van der Waals surface area contributed by atoms with Gasteiger partial charge in [-0.15, -0.1) is 0 Å². The molecular weight excluding hydrogens is 494 g/mol. The van der Waals surface area contributed by atoms with Crippen LogP contribution in [0.25, 0.3) is 16.8 Å². The number of ether oxygens (including phenoxy) is 2. The fraction of sp³-hybridized carbons (Fsp3) is 0.500. The van der Waals surface area contributed by atoms with Crippen molar-refractivity contribution >= 4 is 21.6 Å². The first-order valence-corrected chi connectivity index (χ1v) is 14.2. The SMILES string of the molecule is COc1ccc(-c2c(C(=O)NC[C@H]3CCCO3)nn3c(C)cc(C)nc23)cc1S(=O)(=O)N1CCCCC1. The molecule has 2 aliphatic rings. The lowest BCUT2D eigenvalue weighted by Crippen LogP contribution is -2.35. The van der Waals surface area contributed by atoms with Gasteiger partial charge in [0, 0.05) is 37.6 Å². The number of aromatic nitrogens is 3. The van der Waals surface area contributed by atoms with Crippen molar-refractivity contribution in [1.82, 2.24) is 24.2 Å². The van der Waals surface area contributed by atoms with Crippen molar-refractivity contribution in [3.8, 4) is 16.9 Å². The van der Waals surface area contributed by atoms with Gasteiger partial charge in [-0.05, 0) is 63.3 Å². The molecule has 0 spiro atoms. The van der Waals surface area contributed by atoms with Crippen LogP contribution in [0.5, 0.6) is 5.75 Å². The van der Waals surface area contributed by atoms with Crippen LogP contribution < -0.4 is 10.1 Å². The van der Waals surface area contributed by atoms with Gasteiger partial charge in [0.2, 0.25) is 10.0 Å². The number of amides is 1. The highest BCUT2D eigenvalue weighted by molar-refractivity contribution is 7.89. The highest BCUT2D eigenvalue weighted by atomic mass is 32.2. The van der Waals surface area contributed by atoms with Gasteiger partial charge in [0.1, 0.15) is 10.6 Å². The quantitative estimate of drug-likeness (QED) is 0.502. The Morgan fingerprint density at radius 3 is 2.65 bits per heavy atom. The number of hydrogen-bond donors (Lipinski definition) is 1. The van der Waals surface area contributed by atoms with Crippen LogP contribution in [-0.2, 0) is 14.8 Å². The van der Waals surface area contributed by atoms with Crippen LogP contribution >= 0.6 is 0 Å². The minimum absolute atomic E-state index is 0.0196. The molecule has 37 heavy (non-hydrogen) atoms. The van der Waals surface area contributed by atoms with E-state index in [9.17, 15) is 13.2 Å². The van der Waals surface area contributed by atoms with Crippen molar-refractivity contribution in [3.63, 3.8) is 0 Å². The van der Waals surface area contributed by atoms with Gasteiger partial charge in [-0.2, -0.15) is 9.40 Å². The van der Waals surface area contributed by atoms with Gasteiger partial charge in [-0.1, -0.05) is 12.5 Å². The summed E-state index contributed by atoms with van der Waals surface area (Å²) in [6, 6.07) is 6.85. The molecule has 0 radical (unpaired) electrons. The molecule has 1 amide bonds. The molecule has 2 aliphatic heterocycles. The van der Waals surface area contributed by atoms with Crippen molar-refractivity contribution in [3.05, 3.63) is 41.3 Å². The number of nitrogens with zero attached hydrogens (tertiary/aromatic N) is 4. The number of carbonyl (C=O) groups excluding carboxylic acids is 1. The van der Waals surface area contributed by atoms with Gasteiger partial charge < -0.3 is 14.8 Å². The zero-order valence-electron chi connectivity index (χ0n) is 21.5. The summed E-state index contributed by atoms with van der Waals surface area (Å²) in [7, 11) is -2.34. The maximum absolute atomic E-state index is 13.6. The number of nitrogens with one attached hydrogen (secondary N) is 1. The highest BCUT2D eigenvalue weighted by Gasteiger charge is 2.31. The minimum atomic E-state index is -3.80. The standard InChI is InChI=1S/C26H33N5O5S/c1-17-14-18(2)31-25(28-17)23(24(29-31)26(32)27-16-20-8-7-13-36-20)19-9-10-21(35-3)22(15-19)37(33,34)30-11-5-4-6-12-30/h9-10,14-15,20H,4-8,11-13,16H2,1-3H3,(H,27,32)/t20-/m1/s1. The van der Waals surface area contributed by atoms with Crippen molar-refractivity contribution < 1.29 is 22.7 Å². The Balaban J connectivity index is 1.63. The van der Waals surface area contributed by atoms with Crippen LogP contribution in [0.3, 0.4) is 0 Å². The van der Waals surface area contributed by atoms with E-state index in [0.29, 0.717) is 43.0 Å². The molecule has 2 aromatic heterocycles. The summed E-state index contributed by atoms with van der Waals surface area (Å²) >= 11 is 0. The molecule has 4 heterocycles. The molecule has 2 fully saturated rings. The van der Waals surface area contributed by atoms with Gasteiger partial charge >= 0.3 is 0 Å². The molecule has 0 unspecified atom stereocenters. The number of sulfonamides is 1. The second-order valence-corrected chi connectivity index (χ2v) is 11.6. The Morgan fingerprint density at radius 2 is 1.95 bits per heavy atom. The van der Waals surface area contributed by atoms with Crippen LogP contribution in [0.1, 0.15) is 54.0 Å². The predicted octanol–water partition coefficient (Wildman–Crippen LogP) is 3.11. The smallest absolute Gasteiger partial charge is 0.272 e. The summed E-state index contributed by atoms with van der Waals surface area (Å²) in [5.41, 5.74) is 3.28. The largest absolute Gasteiger partial charge is 0.495 e. The lowest BCUT2D eigenvalue weighted by molar-refractivity contribution is 0.0854. The lowest BCUT2D eigenvalue weighted by Gasteiger charge is -2.26. The first-order chi connectivity index (χ1) is 17.8. The first kappa shape index (κ1) is 25.6. The zero-order valence-corrected chi connectivity index (χ0v) is 22.3. The van der Waals surface area contributed by atoms with Gasteiger partial charge in [0.25, 0.3) is 5.91 Å². The topological polar surface area (TPSA) is 115 Å². The number of aryl methyl sites for hydroxylation is 2. The molecule has 10 nitrogen and oxygen atoms in total. The number of carbonyl (C=O) groups is 1. The maximum Gasteiger partial charge on any atom is 0.272 e. The summed E-state index contributed by atoms with van der Waals surface area (Å²) in [4.78, 5) is 18.1. The van der Waals surface area contributed by atoms with Crippen LogP contribution in [0.4, 0.5) is 0 Å². The molecule has 1 atom stereocenters. The van der Waals surface area contributed by atoms with E-state index in [1.165, 1.54) is 11.4 Å². The van der Waals surface area contributed by atoms with Gasteiger partial charge in [0.05, 0.1) is 18.8 Å². The maximum atomic E-state index is 13.6. The average molecular weight is 528 g/mol. The number of benzene rings is 1. The van der Waals surface area contributed by atoms with Crippen molar-refractivity contribution in [2.45, 2.75) is 57.0 Å². The van der Waals surface area contributed by atoms with Gasteiger partial charge in [-0.3, -0.25) is 4.79 Å². The molecular formula is C26H33N5O5S. The van der Waals surface area contributed by atoms with E-state index < -0.39 is 10.0 Å². The normalized spacial score (nSPS) is 18.8. The van der Waals surface area contributed by atoms with E-state index in [4.69, 9.17) is 9.47 Å². The molecule has 0 bridgehead atoms. The molecule has 2 saturated heterocycles. The fourth-order valence-electron chi connectivity index (χ4n) is 5.12. The van der Waals surface area contributed by atoms with Gasteiger partial charge in [-0.25, -0.2) is 17.9 Å². The minimum Gasteiger partial charge on any atom is -0.495 e. The Bertz CT molecular complexity index is 1420. The molecule has 1 N–H and O–H groups in total. The second kappa shape index (κ2) is 10.4. The lowest BCUT2D eigenvalue weighted by atomic mass is 10.0. The number of methoxy groups -OCH3 is 1. The summed E-state index contributed by atoms with van der Waals surface area (Å²) in [5.74, 6) is -0.0974. The Labute approximate surface area is 217 Å². The van der Waals surface area contributed by atoms with E-state index >= 15 is 0 Å². The third kappa shape index (κ3) is 4.95. The molecule has 5 rings (SSSR count). The summed E-state index contributed by atoms with van der Waals surface area (Å²) in [6.45, 7) is 5.80. The zero-order chi connectivity index (χ0) is 26.2. The van der Waals surface area contributed by atoms with E-state index in [-0.39, 0.29) is 28.4 Å². The first-order valence-electron chi connectivity index (χ1n) is 12.7. The van der Waals surface area contributed by atoms with Crippen molar-refractivity contribution in [1.29, 1.82) is 0 Å². The van der Waals surface area contributed by atoms with E-state index in [2.05, 4.69) is 15.4 Å². The number of piperidine rings is 1. The van der Waals surface area contributed by atoms with Crippen molar-refractivity contribution in [2.75, 3.05) is 33.4 Å². The summed E-state index contributed by atoms with van der Waals surface area (Å²) in [6.07, 6.45) is 4.52. The molecule has 3 aromatic rings. The predicted molar refractivity (Wildman–Crippen MR) is 138 cm³/mol. The Hall–Kier alpha value is -3.02. The fourth-order valence-corrected chi connectivity index (χ4v) is 6.82. The molecule has 11 heteroatoms. The van der Waals surface area contributed by atoms with E-state index in [1.807, 2.05) is 19.9 Å². The molecule has 198 valence electrons. The van der Waals surface area contributed by atoms with E-state index in [1.54, 1.807) is 22.7 Å². The third-order valence-corrected chi connectivity index (χ3v) is 8.93. The second-order valence-electron chi connectivity index (χ2n) is 9.67. The Morgan fingerprint density at radius 1 is 1.16 bits per heavy atom. The average Bonchev–Trinajstić information content (AvgIpc) is 3.56. The van der Waals surface area contributed by atoms with E-state index in [0.717, 1.165) is 43.5 Å². The Kier molecular flexibility index (Phi) is 7.19. The molecule has 0 aliphatic carbocycles. The van der Waals surface area contributed by atoms with Crippen LogP contribution in [0, 0.1) is 13.8 Å².